The molecule has 0 fully saturated rings. The number of nitrogen functional groups attached to an aromatic ring is 1. The highest BCUT2D eigenvalue weighted by Crippen LogP contribution is 2.34. The van der Waals surface area contributed by atoms with Gasteiger partial charge < -0.3 is 5.73 Å². The van der Waals surface area contributed by atoms with Crippen LogP contribution in [0.4, 0.5) is 14.5 Å². The topological polar surface area (TPSA) is 38.9 Å². The molecule has 0 radical (unpaired) electrons. The minimum Gasteiger partial charge on any atom is -0.397 e. The van der Waals surface area contributed by atoms with Crippen LogP contribution in [0.25, 0.3) is 0 Å². The minimum absolute atomic E-state index is 0.0188. The summed E-state index contributed by atoms with van der Waals surface area (Å²) >= 11 is 10.8. The molecular weight excluding hydrogens is 209 g/mol. The fourth-order valence-corrected chi connectivity index (χ4v) is 1.08. The molecule has 0 saturated carbocycles. The minimum atomic E-state index is -2.76. The Morgan fingerprint density at radius 1 is 1.42 bits per heavy atom. The van der Waals surface area contributed by atoms with Crippen LogP contribution in [0.2, 0.25) is 10.2 Å². The molecule has 1 aromatic rings. The van der Waals surface area contributed by atoms with E-state index in [-0.39, 0.29) is 15.9 Å². The second-order valence-corrected chi connectivity index (χ2v) is 2.79. The number of hydrogen-bond donors (Lipinski definition) is 1. The molecule has 1 heterocycles. The number of anilines is 1. The van der Waals surface area contributed by atoms with Crippen LogP contribution in [0.1, 0.15) is 12.0 Å². The van der Waals surface area contributed by atoms with E-state index in [1.54, 1.807) is 0 Å². The second kappa shape index (κ2) is 3.41. The third-order valence-corrected chi connectivity index (χ3v) is 1.88. The molecule has 1 aromatic heterocycles. The Hall–Kier alpha value is -0.610. The predicted octanol–water partition coefficient (Wildman–Crippen LogP) is 2.91. The molecule has 0 aliphatic heterocycles. The number of rotatable bonds is 1. The smallest absolute Gasteiger partial charge is 0.268 e. The number of pyridine rings is 1. The summed E-state index contributed by atoms with van der Waals surface area (Å²) < 4.78 is 24.4. The Labute approximate surface area is 77.3 Å². The molecule has 0 aliphatic rings. The Kier molecular flexibility index (Phi) is 2.69. The molecule has 0 saturated heterocycles. The van der Waals surface area contributed by atoms with Gasteiger partial charge in [-0.1, -0.05) is 23.2 Å². The number of hydrogen-bond acceptors (Lipinski definition) is 2. The summed E-state index contributed by atoms with van der Waals surface area (Å²) in [6.45, 7) is 0. The van der Waals surface area contributed by atoms with Gasteiger partial charge in [0, 0.05) is 6.20 Å². The van der Waals surface area contributed by atoms with Gasteiger partial charge in [-0.15, -0.1) is 0 Å². The van der Waals surface area contributed by atoms with Crippen molar-refractivity contribution in [2.45, 2.75) is 6.43 Å². The average molecular weight is 213 g/mol. The monoisotopic (exact) mass is 212 g/mol. The third-order valence-electron chi connectivity index (χ3n) is 1.28. The summed E-state index contributed by atoms with van der Waals surface area (Å²) in [6, 6.07) is 0. The van der Waals surface area contributed by atoms with Crippen molar-refractivity contribution in [3.63, 3.8) is 0 Å². The molecule has 0 aromatic carbocycles. The van der Waals surface area contributed by atoms with E-state index in [9.17, 15) is 8.78 Å². The maximum Gasteiger partial charge on any atom is 0.268 e. The highest BCUT2D eigenvalue weighted by Gasteiger charge is 2.18. The molecule has 12 heavy (non-hydrogen) atoms. The van der Waals surface area contributed by atoms with Crippen LogP contribution in [-0.2, 0) is 0 Å². The lowest BCUT2D eigenvalue weighted by Crippen LogP contribution is -1.98. The molecule has 0 amide bonds. The first-order valence-electron chi connectivity index (χ1n) is 2.91. The Morgan fingerprint density at radius 3 is 2.42 bits per heavy atom. The maximum absolute atomic E-state index is 12.2. The lowest BCUT2D eigenvalue weighted by molar-refractivity contribution is 0.152. The van der Waals surface area contributed by atoms with Gasteiger partial charge in [0.1, 0.15) is 5.15 Å². The second-order valence-electron chi connectivity index (χ2n) is 2.02. The summed E-state index contributed by atoms with van der Waals surface area (Å²) in [4.78, 5) is 3.43. The molecule has 2 nitrogen and oxygen atoms in total. The lowest BCUT2D eigenvalue weighted by Gasteiger charge is -2.06. The first kappa shape index (κ1) is 9.48. The quantitative estimate of drug-likeness (QED) is 0.728. The first-order chi connectivity index (χ1) is 5.54. The van der Waals surface area contributed by atoms with Gasteiger partial charge in [0.25, 0.3) is 6.43 Å². The molecule has 0 unspecified atom stereocenters. The van der Waals surface area contributed by atoms with E-state index >= 15 is 0 Å². The van der Waals surface area contributed by atoms with Crippen LogP contribution in [0.3, 0.4) is 0 Å². The molecule has 2 N–H and O–H groups in total. The molecule has 0 aliphatic carbocycles. The van der Waals surface area contributed by atoms with Crippen LogP contribution < -0.4 is 5.73 Å². The van der Waals surface area contributed by atoms with Gasteiger partial charge in [0.05, 0.1) is 16.3 Å². The normalized spacial score (nSPS) is 10.8. The standard InChI is InChI=1S/C6H4Cl2F2N2/c7-2-1-12-5(8)3(4(2)11)6(9)10/h1,6H,(H2,11,12). The number of nitrogens with zero attached hydrogens (tertiary/aromatic N) is 1. The summed E-state index contributed by atoms with van der Waals surface area (Å²) in [5, 5.41) is -0.332. The van der Waals surface area contributed by atoms with Crippen molar-refractivity contribution in [1.82, 2.24) is 4.98 Å². The largest absolute Gasteiger partial charge is 0.397 e. The van der Waals surface area contributed by atoms with E-state index in [0.717, 1.165) is 6.20 Å². The van der Waals surface area contributed by atoms with Gasteiger partial charge in [0.2, 0.25) is 0 Å². The van der Waals surface area contributed by atoms with Gasteiger partial charge in [0.15, 0.2) is 0 Å². The zero-order valence-corrected chi connectivity index (χ0v) is 7.20. The third kappa shape index (κ3) is 1.59. The highest BCUT2D eigenvalue weighted by molar-refractivity contribution is 6.35. The van der Waals surface area contributed by atoms with E-state index < -0.39 is 12.0 Å². The fourth-order valence-electron chi connectivity index (χ4n) is 0.700. The Morgan fingerprint density at radius 2 is 2.00 bits per heavy atom. The van der Waals surface area contributed by atoms with Gasteiger partial charge in [-0.05, 0) is 0 Å². The van der Waals surface area contributed by atoms with Crippen molar-refractivity contribution in [2.24, 2.45) is 0 Å². The first-order valence-corrected chi connectivity index (χ1v) is 3.67. The van der Waals surface area contributed by atoms with Crippen LogP contribution in [0.5, 0.6) is 0 Å². The van der Waals surface area contributed by atoms with Crippen molar-refractivity contribution in [2.75, 3.05) is 5.73 Å². The van der Waals surface area contributed by atoms with Crippen LogP contribution in [0.15, 0.2) is 6.20 Å². The lowest BCUT2D eigenvalue weighted by atomic mass is 10.2. The zero-order chi connectivity index (χ0) is 9.30. The van der Waals surface area contributed by atoms with E-state index in [1.165, 1.54) is 0 Å². The van der Waals surface area contributed by atoms with Gasteiger partial charge in [-0.25, -0.2) is 13.8 Å². The van der Waals surface area contributed by atoms with Crippen LogP contribution in [-0.4, -0.2) is 4.98 Å². The average Bonchev–Trinajstić information content (AvgIpc) is 1.97. The van der Waals surface area contributed by atoms with Gasteiger partial charge >= 0.3 is 0 Å². The van der Waals surface area contributed by atoms with Crippen molar-refractivity contribution >= 4 is 28.9 Å². The maximum atomic E-state index is 12.2. The number of alkyl halides is 2. The van der Waals surface area contributed by atoms with Crippen LogP contribution in [0, 0.1) is 0 Å². The molecule has 0 spiro atoms. The van der Waals surface area contributed by atoms with Gasteiger partial charge in [-0.2, -0.15) is 0 Å². The molecule has 6 heteroatoms. The zero-order valence-electron chi connectivity index (χ0n) is 5.69. The summed E-state index contributed by atoms with van der Waals surface area (Å²) in [5.41, 5.74) is 4.52. The summed E-state index contributed by atoms with van der Waals surface area (Å²) in [5.74, 6) is 0. The van der Waals surface area contributed by atoms with Crippen molar-refractivity contribution < 1.29 is 8.78 Å². The number of halogens is 4. The molecule has 0 atom stereocenters. The molecule has 0 bridgehead atoms. The Balaban J connectivity index is 3.33. The number of aromatic nitrogens is 1. The summed E-state index contributed by atoms with van der Waals surface area (Å²) in [7, 11) is 0. The predicted molar refractivity (Wildman–Crippen MR) is 43.6 cm³/mol. The fraction of sp³-hybridized carbons (Fsp3) is 0.167. The molecule has 1 rings (SSSR count). The van der Waals surface area contributed by atoms with E-state index in [0.29, 0.717) is 0 Å². The van der Waals surface area contributed by atoms with E-state index in [4.69, 9.17) is 28.9 Å². The Bertz CT molecular complexity index is 304. The van der Waals surface area contributed by atoms with Crippen LogP contribution >= 0.6 is 23.2 Å². The van der Waals surface area contributed by atoms with E-state index in [1.807, 2.05) is 0 Å². The van der Waals surface area contributed by atoms with Gasteiger partial charge in [-0.3, -0.25) is 0 Å². The molecular formula is C6H4Cl2F2N2. The SMILES string of the molecule is Nc1c(Cl)cnc(Cl)c1C(F)F. The van der Waals surface area contributed by atoms with Crippen molar-refractivity contribution in [3.05, 3.63) is 21.9 Å². The molecule has 66 valence electrons. The van der Waals surface area contributed by atoms with Crippen molar-refractivity contribution in [1.29, 1.82) is 0 Å². The summed E-state index contributed by atoms with van der Waals surface area (Å²) in [6.07, 6.45) is -1.63. The number of nitrogens with two attached hydrogens (primary N) is 1. The highest BCUT2D eigenvalue weighted by atomic mass is 35.5. The van der Waals surface area contributed by atoms with Crippen molar-refractivity contribution in [3.8, 4) is 0 Å². The van der Waals surface area contributed by atoms with E-state index in [2.05, 4.69) is 4.98 Å².